The molecule has 0 fully saturated rings. The fraction of sp³-hybridized carbons (Fsp3) is 0.538. The van der Waals surface area contributed by atoms with E-state index in [0.717, 1.165) is 30.9 Å². The maximum absolute atomic E-state index is 5.70. The Labute approximate surface area is 97.6 Å². The van der Waals surface area contributed by atoms with Crippen LogP contribution < -0.4 is 15.2 Å². The van der Waals surface area contributed by atoms with Crippen LogP contribution in [0.5, 0.6) is 11.5 Å². The highest BCUT2D eigenvalue weighted by Gasteiger charge is 2.08. The molecule has 0 saturated heterocycles. The Hall–Kier alpha value is -1.22. The Morgan fingerprint density at radius 1 is 1.19 bits per heavy atom. The third kappa shape index (κ3) is 3.14. The van der Waals surface area contributed by atoms with Gasteiger partial charge in [-0.3, -0.25) is 0 Å². The first kappa shape index (κ1) is 12.8. The van der Waals surface area contributed by atoms with Crippen LogP contribution in [0, 0.1) is 5.92 Å². The second-order valence-corrected chi connectivity index (χ2v) is 3.90. The highest BCUT2D eigenvalue weighted by Crippen LogP contribution is 2.28. The smallest absolute Gasteiger partial charge is 0.160 e. The molecule has 2 N–H and O–H groups in total. The minimum absolute atomic E-state index is 0.540. The van der Waals surface area contributed by atoms with Crippen molar-refractivity contribution in [1.29, 1.82) is 0 Å². The molecule has 1 aromatic rings. The average Bonchev–Trinajstić information content (AvgIpc) is 2.35. The molecular weight excluding hydrogens is 202 g/mol. The molecule has 3 nitrogen and oxygen atoms in total. The van der Waals surface area contributed by atoms with Crippen LogP contribution in [0.4, 0.5) is 0 Å². The number of methoxy groups -OCH3 is 2. The van der Waals surface area contributed by atoms with Gasteiger partial charge < -0.3 is 15.2 Å². The number of hydrogen-bond donors (Lipinski definition) is 1. The van der Waals surface area contributed by atoms with Crippen molar-refractivity contribution in [1.82, 2.24) is 0 Å². The van der Waals surface area contributed by atoms with Gasteiger partial charge in [0.25, 0.3) is 0 Å². The third-order valence-electron chi connectivity index (χ3n) is 2.88. The standard InChI is InChI=1S/C13H21NO2/c1-4-10(9-14)7-11-5-6-12(15-2)13(8-11)16-3/h5-6,8,10H,4,7,9,14H2,1-3H3. The molecule has 0 radical (unpaired) electrons. The molecule has 0 aliphatic carbocycles. The summed E-state index contributed by atoms with van der Waals surface area (Å²) < 4.78 is 10.5. The zero-order valence-corrected chi connectivity index (χ0v) is 10.3. The Balaban J connectivity index is 2.82. The van der Waals surface area contributed by atoms with Gasteiger partial charge in [-0.25, -0.2) is 0 Å². The summed E-state index contributed by atoms with van der Waals surface area (Å²) in [7, 11) is 3.30. The Morgan fingerprint density at radius 3 is 2.38 bits per heavy atom. The van der Waals surface area contributed by atoms with E-state index in [1.54, 1.807) is 14.2 Å². The van der Waals surface area contributed by atoms with Gasteiger partial charge in [0, 0.05) is 0 Å². The van der Waals surface area contributed by atoms with Crippen LogP contribution in [0.3, 0.4) is 0 Å². The molecule has 0 spiro atoms. The predicted molar refractivity (Wildman–Crippen MR) is 66.1 cm³/mol. The van der Waals surface area contributed by atoms with E-state index in [9.17, 15) is 0 Å². The van der Waals surface area contributed by atoms with Crippen molar-refractivity contribution in [3.05, 3.63) is 23.8 Å². The second-order valence-electron chi connectivity index (χ2n) is 3.90. The first-order valence-electron chi connectivity index (χ1n) is 5.66. The Morgan fingerprint density at radius 2 is 1.88 bits per heavy atom. The summed E-state index contributed by atoms with van der Waals surface area (Å²) in [6.45, 7) is 2.89. The van der Waals surface area contributed by atoms with Crippen molar-refractivity contribution in [3.63, 3.8) is 0 Å². The summed E-state index contributed by atoms with van der Waals surface area (Å²) in [5.74, 6) is 2.09. The summed E-state index contributed by atoms with van der Waals surface area (Å²) in [6.07, 6.45) is 2.10. The van der Waals surface area contributed by atoms with Crippen molar-refractivity contribution in [2.24, 2.45) is 11.7 Å². The van der Waals surface area contributed by atoms with Gasteiger partial charge in [-0.15, -0.1) is 0 Å². The number of nitrogens with two attached hydrogens (primary N) is 1. The Kier molecular flexibility index (Phi) is 5.12. The van der Waals surface area contributed by atoms with Crippen molar-refractivity contribution in [3.8, 4) is 11.5 Å². The lowest BCUT2D eigenvalue weighted by Gasteiger charge is -2.14. The van der Waals surface area contributed by atoms with Gasteiger partial charge in [-0.05, 0) is 36.6 Å². The maximum Gasteiger partial charge on any atom is 0.160 e. The van der Waals surface area contributed by atoms with E-state index in [0.29, 0.717) is 5.92 Å². The minimum atomic E-state index is 0.540. The molecule has 0 saturated carbocycles. The zero-order valence-electron chi connectivity index (χ0n) is 10.3. The molecule has 0 aliphatic heterocycles. The van der Waals surface area contributed by atoms with E-state index < -0.39 is 0 Å². The number of ether oxygens (including phenoxy) is 2. The predicted octanol–water partition coefficient (Wildman–Crippen LogP) is 2.23. The molecule has 0 bridgehead atoms. The fourth-order valence-corrected chi connectivity index (χ4v) is 1.74. The highest BCUT2D eigenvalue weighted by atomic mass is 16.5. The van der Waals surface area contributed by atoms with Gasteiger partial charge in [0.2, 0.25) is 0 Å². The lowest BCUT2D eigenvalue weighted by Crippen LogP contribution is -2.15. The van der Waals surface area contributed by atoms with Crippen molar-refractivity contribution in [2.75, 3.05) is 20.8 Å². The van der Waals surface area contributed by atoms with Crippen LogP contribution in [0.15, 0.2) is 18.2 Å². The van der Waals surface area contributed by atoms with Gasteiger partial charge >= 0.3 is 0 Å². The quantitative estimate of drug-likeness (QED) is 0.804. The van der Waals surface area contributed by atoms with Gasteiger partial charge in [0.1, 0.15) is 0 Å². The average molecular weight is 223 g/mol. The number of benzene rings is 1. The fourth-order valence-electron chi connectivity index (χ4n) is 1.74. The van der Waals surface area contributed by atoms with E-state index in [1.807, 2.05) is 12.1 Å². The maximum atomic E-state index is 5.70. The summed E-state index contributed by atoms with van der Waals surface area (Å²) in [5, 5.41) is 0. The van der Waals surface area contributed by atoms with Crippen LogP contribution in [0.2, 0.25) is 0 Å². The number of rotatable bonds is 6. The second kappa shape index (κ2) is 6.38. The Bertz CT molecular complexity index is 322. The molecule has 1 unspecified atom stereocenters. The first-order chi connectivity index (χ1) is 7.74. The minimum Gasteiger partial charge on any atom is -0.493 e. The van der Waals surface area contributed by atoms with Crippen LogP contribution in [0.1, 0.15) is 18.9 Å². The topological polar surface area (TPSA) is 44.5 Å². The molecule has 1 rings (SSSR count). The van der Waals surface area contributed by atoms with Crippen LogP contribution in [-0.4, -0.2) is 20.8 Å². The van der Waals surface area contributed by atoms with Crippen molar-refractivity contribution >= 4 is 0 Å². The first-order valence-corrected chi connectivity index (χ1v) is 5.66. The molecule has 1 aromatic carbocycles. The molecule has 0 heterocycles. The molecule has 3 heteroatoms. The summed E-state index contributed by atoms with van der Waals surface area (Å²) in [5.41, 5.74) is 6.95. The SMILES string of the molecule is CCC(CN)Cc1ccc(OC)c(OC)c1. The lowest BCUT2D eigenvalue weighted by atomic mass is 9.97. The monoisotopic (exact) mass is 223 g/mol. The summed E-state index contributed by atoms with van der Waals surface area (Å²) >= 11 is 0. The van der Waals surface area contributed by atoms with Crippen LogP contribution in [-0.2, 0) is 6.42 Å². The van der Waals surface area contributed by atoms with Crippen molar-refractivity contribution < 1.29 is 9.47 Å². The normalized spacial score (nSPS) is 12.2. The molecule has 0 aromatic heterocycles. The van der Waals surface area contributed by atoms with E-state index in [-0.39, 0.29) is 0 Å². The van der Waals surface area contributed by atoms with Gasteiger partial charge in [0.05, 0.1) is 14.2 Å². The van der Waals surface area contributed by atoms with E-state index in [2.05, 4.69) is 13.0 Å². The molecule has 16 heavy (non-hydrogen) atoms. The van der Waals surface area contributed by atoms with Gasteiger partial charge in [-0.2, -0.15) is 0 Å². The number of hydrogen-bond acceptors (Lipinski definition) is 3. The van der Waals surface area contributed by atoms with Gasteiger partial charge in [0.15, 0.2) is 11.5 Å². The lowest BCUT2D eigenvalue weighted by molar-refractivity contribution is 0.354. The van der Waals surface area contributed by atoms with E-state index in [4.69, 9.17) is 15.2 Å². The molecule has 0 aliphatic rings. The molecule has 1 atom stereocenters. The molecule has 90 valence electrons. The van der Waals surface area contributed by atoms with Crippen molar-refractivity contribution in [2.45, 2.75) is 19.8 Å². The largest absolute Gasteiger partial charge is 0.493 e. The van der Waals surface area contributed by atoms with Crippen LogP contribution in [0.25, 0.3) is 0 Å². The van der Waals surface area contributed by atoms with E-state index in [1.165, 1.54) is 5.56 Å². The summed E-state index contributed by atoms with van der Waals surface area (Å²) in [4.78, 5) is 0. The van der Waals surface area contributed by atoms with Crippen LogP contribution >= 0.6 is 0 Å². The van der Waals surface area contributed by atoms with Gasteiger partial charge in [-0.1, -0.05) is 19.4 Å². The van der Waals surface area contributed by atoms with E-state index >= 15 is 0 Å². The third-order valence-corrected chi connectivity index (χ3v) is 2.88. The zero-order chi connectivity index (χ0) is 12.0. The summed E-state index contributed by atoms with van der Waals surface area (Å²) in [6, 6.07) is 6.04. The molecular formula is C13H21NO2. The molecule has 0 amide bonds. The highest BCUT2D eigenvalue weighted by molar-refractivity contribution is 5.42.